The molecule has 0 radical (unpaired) electrons. The largest absolute Gasteiger partial charge is 0.462 e. The van der Waals surface area contributed by atoms with Gasteiger partial charge in [-0.05, 0) is 31.5 Å². The summed E-state index contributed by atoms with van der Waals surface area (Å²) in [6.07, 6.45) is 9.00. The Morgan fingerprint density at radius 2 is 2.13 bits per heavy atom. The normalized spacial score (nSPS) is 11.9. The maximum Gasteiger partial charge on any atom is 0.323 e. The number of nitrogens with zero attached hydrogens (tertiary/aromatic N) is 1. The van der Waals surface area contributed by atoms with Crippen LogP contribution >= 0.6 is 0 Å². The second-order valence-corrected chi connectivity index (χ2v) is 5.54. The van der Waals surface area contributed by atoms with Crippen molar-refractivity contribution in [3.8, 4) is 12.3 Å². The van der Waals surface area contributed by atoms with Gasteiger partial charge in [-0.3, -0.25) is 10.1 Å². The standard InChI is InChI=1S/C18H21N3O2/c1-4-14-5-7-15(8-6-14)10-20-17(18(22)23-13(2)3)9-16-11-19-12-21-16/h1,5-8,11-13,17,20H,9-10H2,2-3H3,(H,19,21)/t17-/m1/s1. The number of nitrogens with one attached hydrogen (secondary N) is 2. The molecule has 2 rings (SSSR count). The maximum atomic E-state index is 12.3. The van der Waals surface area contributed by atoms with E-state index in [4.69, 9.17) is 11.2 Å². The highest BCUT2D eigenvalue weighted by Crippen LogP contribution is 2.07. The van der Waals surface area contributed by atoms with Gasteiger partial charge in [-0.25, -0.2) is 4.98 Å². The highest BCUT2D eigenvalue weighted by atomic mass is 16.5. The highest BCUT2D eigenvalue weighted by Gasteiger charge is 2.21. The Hall–Kier alpha value is -2.58. The van der Waals surface area contributed by atoms with Gasteiger partial charge in [0.25, 0.3) is 0 Å². The number of hydrogen-bond acceptors (Lipinski definition) is 4. The van der Waals surface area contributed by atoms with E-state index in [1.807, 2.05) is 38.1 Å². The van der Waals surface area contributed by atoms with Crippen molar-refractivity contribution in [3.05, 3.63) is 53.6 Å². The Morgan fingerprint density at radius 1 is 1.39 bits per heavy atom. The highest BCUT2D eigenvalue weighted by molar-refractivity contribution is 5.76. The predicted octanol–water partition coefficient (Wildman–Crippen LogP) is 2.04. The maximum absolute atomic E-state index is 12.3. The number of aromatic amines is 1. The van der Waals surface area contributed by atoms with Gasteiger partial charge in [0.15, 0.2) is 0 Å². The fourth-order valence-corrected chi connectivity index (χ4v) is 2.13. The van der Waals surface area contributed by atoms with E-state index in [0.717, 1.165) is 16.8 Å². The quantitative estimate of drug-likeness (QED) is 0.606. The average Bonchev–Trinajstić information content (AvgIpc) is 3.04. The number of H-pyrrole nitrogens is 1. The molecule has 0 amide bonds. The SMILES string of the molecule is C#Cc1ccc(CN[C@H](Cc2cnc[nH]2)C(=O)OC(C)C)cc1. The molecule has 0 unspecified atom stereocenters. The van der Waals surface area contributed by atoms with Crippen LogP contribution in [0.4, 0.5) is 0 Å². The first kappa shape index (κ1) is 16.8. The van der Waals surface area contributed by atoms with E-state index >= 15 is 0 Å². The van der Waals surface area contributed by atoms with Crippen molar-refractivity contribution in [2.45, 2.75) is 39.0 Å². The first-order chi connectivity index (χ1) is 11.1. The molecule has 5 nitrogen and oxygen atoms in total. The van der Waals surface area contributed by atoms with Crippen molar-refractivity contribution in [2.75, 3.05) is 0 Å². The molecule has 0 bridgehead atoms. The van der Waals surface area contributed by atoms with E-state index in [1.54, 1.807) is 12.5 Å². The van der Waals surface area contributed by atoms with Crippen LogP contribution in [0.1, 0.15) is 30.7 Å². The molecule has 0 aliphatic rings. The van der Waals surface area contributed by atoms with Crippen LogP contribution in [-0.4, -0.2) is 28.1 Å². The molecule has 1 atom stereocenters. The van der Waals surface area contributed by atoms with Crippen LogP contribution in [0.15, 0.2) is 36.8 Å². The molecule has 120 valence electrons. The van der Waals surface area contributed by atoms with Gasteiger partial charge < -0.3 is 9.72 Å². The molecule has 1 aromatic carbocycles. The monoisotopic (exact) mass is 311 g/mol. The smallest absolute Gasteiger partial charge is 0.323 e. The molecule has 5 heteroatoms. The number of carbonyl (C=O) groups is 1. The molecule has 0 aliphatic heterocycles. The second-order valence-electron chi connectivity index (χ2n) is 5.54. The summed E-state index contributed by atoms with van der Waals surface area (Å²) in [7, 11) is 0. The van der Waals surface area contributed by atoms with Crippen LogP contribution in [0.2, 0.25) is 0 Å². The number of hydrogen-bond donors (Lipinski definition) is 2. The van der Waals surface area contributed by atoms with Crippen molar-refractivity contribution in [3.63, 3.8) is 0 Å². The van der Waals surface area contributed by atoms with E-state index in [-0.39, 0.29) is 12.1 Å². The summed E-state index contributed by atoms with van der Waals surface area (Å²) < 4.78 is 5.32. The van der Waals surface area contributed by atoms with Crippen molar-refractivity contribution in [1.82, 2.24) is 15.3 Å². The molecule has 0 aliphatic carbocycles. The Kier molecular flexibility index (Phi) is 5.95. The number of rotatable bonds is 7. The van der Waals surface area contributed by atoms with E-state index < -0.39 is 6.04 Å². The number of aromatic nitrogens is 2. The van der Waals surface area contributed by atoms with Gasteiger partial charge in [0.1, 0.15) is 6.04 Å². The Bertz CT molecular complexity index is 655. The Morgan fingerprint density at radius 3 is 2.70 bits per heavy atom. The molecule has 23 heavy (non-hydrogen) atoms. The first-order valence-electron chi connectivity index (χ1n) is 7.55. The third-order valence-electron chi connectivity index (χ3n) is 3.29. The fraction of sp³-hybridized carbons (Fsp3) is 0.333. The van der Waals surface area contributed by atoms with Crippen LogP contribution in [0.3, 0.4) is 0 Å². The third kappa shape index (κ3) is 5.28. The van der Waals surface area contributed by atoms with Crippen molar-refractivity contribution >= 4 is 5.97 Å². The number of esters is 1. The van der Waals surface area contributed by atoms with Gasteiger partial charge in [-0.1, -0.05) is 18.1 Å². The van der Waals surface area contributed by atoms with Crippen LogP contribution in [0.5, 0.6) is 0 Å². The van der Waals surface area contributed by atoms with Crippen LogP contribution in [0.25, 0.3) is 0 Å². The first-order valence-corrected chi connectivity index (χ1v) is 7.55. The summed E-state index contributed by atoms with van der Waals surface area (Å²) in [4.78, 5) is 19.2. The molecule has 0 spiro atoms. The summed E-state index contributed by atoms with van der Waals surface area (Å²) in [5.41, 5.74) is 2.77. The molecule has 1 aromatic heterocycles. The number of benzene rings is 1. The summed E-state index contributed by atoms with van der Waals surface area (Å²) in [6.45, 7) is 4.23. The second kappa shape index (κ2) is 8.16. The molecule has 1 heterocycles. The fourth-order valence-electron chi connectivity index (χ4n) is 2.13. The van der Waals surface area contributed by atoms with Crippen molar-refractivity contribution < 1.29 is 9.53 Å². The average molecular weight is 311 g/mol. The van der Waals surface area contributed by atoms with Gasteiger partial charge in [-0.15, -0.1) is 6.42 Å². The lowest BCUT2D eigenvalue weighted by Crippen LogP contribution is -2.40. The Balaban J connectivity index is 2.00. The number of terminal acetylenes is 1. The van der Waals surface area contributed by atoms with Crippen LogP contribution in [0, 0.1) is 12.3 Å². The summed E-state index contributed by atoms with van der Waals surface area (Å²) >= 11 is 0. The minimum Gasteiger partial charge on any atom is -0.462 e. The van der Waals surface area contributed by atoms with Gasteiger partial charge in [0.2, 0.25) is 0 Å². The summed E-state index contributed by atoms with van der Waals surface area (Å²) in [5.74, 6) is 2.31. The minimum atomic E-state index is -0.440. The molecular weight excluding hydrogens is 290 g/mol. The van der Waals surface area contributed by atoms with Crippen molar-refractivity contribution in [1.29, 1.82) is 0 Å². The molecule has 2 aromatic rings. The topological polar surface area (TPSA) is 67.0 Å². The van der Waals surface area contributed by atoms with E-state index in [0.29, 0.717) is 13.0 Å². The van der Waals surface area contributed by atoms with Gasteiger partial charge >= 0.3 is 5.97 Å². The Labute approximate surface area is 136 Å². The van der Waals surface area contributed by atoms with Gasteiger partial charge in [0.05, 0.1) is 12.4 Å². The lowest BCUT2D eigenvalue weighted by atomic mass is 10.1. The number of carbonyl (C=O) groups excluding carboxylic acids is 1. The molecule has 0 fully saturated rings. The van der Waals surface area contributed by atoms with Gasteiger partial charge in [0, 0.05) is 30.4 Å². The summed E-state index contributed by atoms with van der Waals surface area (Å²) in [5, 5.41) is 3.24. The zero-order valence-corrected chi connectivity index (χ0v) is 13.4. The van der Waals surface area contributed by atoms with Crippen LogP contribution < -0.4 is 5.32 Å². The number of ether oxygens (including phenoxy) is 1. The molecular formula is C18H21N3O2. The third-order valence-corrected chi connectivity index (χ3v) is 3.29. The zero-order valence-electron chi connectivity index (χ0n) is 13.4. The number of imidazole rings is 1. The molecule has 0 saturated carbocycles. The molecule has 0 saturated heterocycles. The van der Waals surface area contributed by atoms with Crippen LogP contribution in [-0.2, 0) is 22.5 Å². The lowest BCUT2D eigenvalue weighted by molar-refractivity contribution is -0.150. The summed E-state index contributed by atoms with van der Waals surface area (Å²) in [6, 6.07) is 7.22. The molecule has 2 N–H and O–H groups in total. The van der Waals surface area contributed by atoms with E-state index in [1.165, 1.54) is 0 Å². The van der Waals surface area contributed by atoms with Gasteiger partial charge in [-0.2, -0.15) is 0 Å². The van der Waals surface area contributed by atoms with E-state index in [9.17, 15) is 4.79 Å². The minimum absolute atomic E-state index is 0.150. The zero-order chi connectivity index (χ0) is 16.7. The predicted molar refractivity (Wildman–Crippen MR) is 88.5 cm³/mol. The van der Waals surface area contributed by atoms with E-state index in [2.05, 4.69) is 21.2 Å². The lowest BCUT2D eigenvalue weighted by Gasteiger charge is -2.18. The van der Waals surface area contributed by atoms with Crippen molar-refractivity contribution in [2.24, 2.45) is 0 Å².